The van der Waals surface area contributed by atoms with E-state index in [0.717, 1.165) is 0 Å². The summed E-state index contributed by atoms with van der Waals surface area (Å²) in [5.74, 6) is -0.751. The van der Waals surface area contributed by atoms with Gasteiger partial charge < -0.3 is 14.8 Å². The number of hydrogen-bond acceptors (Lipinski definition) is 6. The van der Waals surface area contributed by atoms with Gasteiger partial charge in [-0.1, -0.05) is 11.6 Å². The molecule has 1 saturated heterocycles. The highest BCUT2D eigenvalue weighted by molar-refractivity contribution is 6.31. The lowest BCUT2D eigenvalue weighted by Crippen LogP contribution is -2.47. The predicted octanol–water partition coefficient (Wildman–Crippen LogP) is 2.83. The van der Waals surface area contributed by atoms with E-state index in [-0.39, 0.29) is 11.1 Å². The third kappa shape index (κ3) is 4.24. The lowest BCUT2D eigenvalue weighted by atomic mass is 10.1. The summed E-state index contributed by atoms with van der Waals surface area (Å²) in [6, 6.07) is 5.69. The van der Waals surface area contributed by atoms with E-state index < -0.39 is 17.9 Å². The van der Waals surface area contributed by atoms with Gasteiger partial charge in [0.05, 0.1) is 31.0 Å². The highest BCUT2D eigenvalue weighted by atomic mass is 35.5. The Morgan fingerprint density at radius 2 is 1.86 bits per heavy atom. The number of hydrogen-bond donors (Lipinski definition) is 1. The first-order chi connectivity index (χ1) is 14.0. The van der Waals surface area contributed by atoms with E-state index in [1.54, 1.807) is 18.2 Å². The van der Waals surface area contributed by atoms with Crippen molar-refractivity contribution < 1.29 is 23.9 Å². The fourth-order valence-electron chi connectivity index (χ4n) is 2.98. The van der Waals surface area contributed by atoms with Crippen LogP contribution < -0.4 is 10.1 Å². The van der Waals surface area contributed by atoms with Crippen molar-refractivity contribution in [3.05, 3.63) is 52.8 Å². The van der Waals surface area contributed by atoms with Gasteiger partial charge in [0.15, 0.2) is 0 Å². The number of methoxy groups -OCH3 is 2. The molecule has 0 radical (unpaired) electrons. The number of esters is 1. The number of amides is 3. The minimum Gasteiger partial charge on any atom is -0.495 e. The van der Waals surface area contributed by atoms with Gasteiger partial charge in [-0.05, 0) is 30.7 Å². The molecule has 0 saturated carbocycles. The maximum absolute atomic E-state index is 13.0. The summed E-state index contributed by atoms with van der Waals surface area (Å²) < 4.78 is 9.95. The molecule has 1 aliphatic rings. The van der Waals surface area contributed by atoms with Crippen molar-refractivity contribution >= 4 is 35.2 Å². The Labute approximate surface area is 172 Å². The second-order valence-corrected chi connectivity index (χ2v) is 6.53. The highest BCUT2D eigenvalue weighted by Crippen LogP contribution is 2.28. The standard InChI is InChI=1S/C19H19ClN4O5/c1-28-16-5-4-12(20)10-15(16)22-19(27)24-9-3-8-23(24)17(25)14-11-21-7-6-13(14)18(26)29-2/h4-7,10-11H,3,8-9H2,1-2H3,(H,22,27). The van der Waals surface area contributed by atoms with E-state index in [1.807, 2.05) is 0 Å². The van der Waals surface area contributed by atoms with Gasteiger partial charge in [-0.25, -0.2) is 19.6 Å². The van der Waals surface area contributed by atoms with Crippen LogP contribution in [0.4, 0.5) is 10.5 Å². The van der Waals surface area contributed by atoms with Gasteiger partial charge in [-0.15, -0.1) is 0 Å². The number of benzene rings is 1. The zero-order valence-electron chi connectivity index (χ0n) is 15.8. The van der Waals surface area contributed by atoms with Crippen LogP contribution in [0, 0.1) is 0 Å². The quantitative estimate of drug-likeness (QED) is 0.766. The summed E-state index contributed by atoms with van der Waals surface area (Å²) in [6.45, 7) is 0.642. The second-order valence-electron chi connectivity index (χ2n) is 6.09. The van der Waals surface area contributed by atoms with Crippen LogP contribution in [0.2, 0.25) is 5.02 Å². The number of nitrogens with one attached hydrogen (secondary N) is 1. The van der Waals surface area contributed by atoms with Crippen molar-refractivity contribution in [3.63, 3.8) is 0 Å². The lowest BCUT2D eigenvalue weighted by Gasteiger charge is -2.28. The molecule has 2 heterocycles. The van der Waals surface area contributed by atoms with Crippen molar-refractivity contribution in [1.29, 1.82) is 0 Å². The third-order valence-electron chi connectivity index (χ3n) is 4.36. The van der Waals surface area contributed by atoms with Crippen LogP contribution in [0.25, 0.3) is 0 Å². The van der Waals surface area contributed by atoms with Gasteiger partial charge in [-0.2, -0.15) is 0 Å². The van der Waals surface area contributed by atoms with Crippen LogP contribution in [-0.4, -0.2) is 60.2 Å². The van der Waals surface area contributed by atoms with Gasteiger partial charge in [0.1, 0.15) is 5.75 Å². The molecule has 29 heavy (non-hydrogen) atoms. The SMILES string of the molecule is COC(=O)c1ccncc1C(=O)N1CCCN1C(=O)Nc1cc(Cl)ccc1OC. The number of halogens is 1. The van der Waals surface area contributed by atoms with Crippen molar-refractivity contribution in [2.45, 2.75) is 6.42 Å². The third-order valence-corrected chi connectivity index (χ3v) is 4.60. The van der Waals surface area contributed by atoms with Crippen LogP contribution >= 0.6 is 11.6 Å². The molecule has 1 N–H and O–H groups in total. The van der Waals surface area contributed by atoms with Gasteiger partial charge in [0.2, 0.25) is 0 Å². The van der Waals surface area contributed by atoms with Crippen LogP contribution in [0.15, 0.2) is 36.7 Å². The fraction of sp³-hybridized carbons (Fsp3) is 0.263. The Balaban J connectivity index is 1.84. The zero-order chi connectivity index (χ0) is 21.0. The monoisotopic (exact) mass is 418 g/mol. The molecule has 1 aromatic carbocycles. The summed E-state index contributed by atoms with van der Waals surface area (Å²) in [6.07, 6.45) is 3.26. The Morgan fingerprint density at radius 1 is 1.10 bits per heavy atom. The molecule has 152 valence electrons. The number of carbonyl (C=O) groups is 3. The molecule has 1 aromatic heterocycles. The van der Waals surface area contributed by atoms with Gasteiger partial charge in [0, 0.05) is 30.5 Å². The predicted molar refractivity (Wildman–Crippen MR) is 105 cm³/mol. The molecule has 1 aliphatic heterocycles. The largest absolute Gasteiger partial charge is 0.495 e. The van der Waals surface area contributed by atoms with Crippen molar-refractivity contribution in [1.82, 2.24) is 15.0 Å². The Hall–Kier alpha value is -3.33. The molecule has 0 spiro atoms. The van der Waals surface area contributed by atoms with Crippen LogP contribution in [-0.2, 0) is 4.74 Å². The Morgan fingerprint density at radius 3 is 2.59 bits per heavy atom. The van der Waals surface area contributed by atoms with Gasteiger partial charge in [0.25, 0.3) is 5.91 Å². The average Bonchev–Trinajstić information content (AvgIpc) is 3.23. The first-order valence-electron chi connectivity index (χ1n) is 8.72. The zero-order valence-corrected chi connectivity index (χ0v) is 16.6. The van der Waals surface area contributed by atoms with Crippen molar-refractivity contribution in [2.24, 2.45) is 0 Å². The number of hydrazine groups is 1. The van der Waals surface area contributed by atoms with E-state index in [0.29, 0.717) is 36.0 Å². The fourth-order valence-corrected chi connectivity index (χ4v) is 3.16. The number of ether oxygens (including phenoxy) is 2. The average molecular weight is 419 g/mol. The molecule has 3 rings (SSSR count). The van der Waals surface area contributed by atoms with E-state index in [1.165, 1.54) is 42.7 Å². The number of carbonyl (C=O) groups excluding carboxylic acids is 3. The molecule has 0 atom stereocenters. The minimum absolute atomic E-state index is 0.0550. The molecule has 0 aliphatic carbocycles. The molecule has 3 amide bonds. The van der Waals surface area contributed by atoms with E-state index in [2.05, 4.69) is 10.3 Å². The van der Waals surface area contributed by atoms with Crippen LogP contribution in [0.3, 0.4) is 0 Å². The van der Waals surface area contributed by atoms with E-state index in [4.69, 9.17) is 21.1 Å². The Kier molecular flexibility index (Phi) is 6.18. The number of anilines is 1. The van der Waals surface area contributed by atoms with Crippen molar-refractivity contribution in [2.75, 3.05) is 32.6 Å². The van der Waals surface area contributed by atoms with E-state index in [9.17, 15) is 14.4 Å². The molecule has 2 aromatic rings. The lowest BCUT2D eigenvalue weighted by molar-refractivity contribution is 0.0396. The smallest absolute Gasteiger partial charge is 0.340 e. The summed E-state index contributed by atoms with van der Waals surface area (Å²) >= 11 is 6.00. The number of urea groups is 1. The second kappa shape index (κ2) is 8.78. The minimum atomic E-state index is -0.658. The van der Waals surface area contributed by atoms with Crippen LogP contribution in [0.1, 0.15) is 27.1 Å². The molecular weight excluding hydrogens is 400 g/mol. The summed E-state index contributed by atoms with van der Waals surface area (Å²) in [7, 11) is 2.70. The molecule has 0 unspecified atom stereocenters. The highest BCUT2D eigenvalue weighted by Gasteiger charge is 2.33. The molecule has 0 bridgehead atoms. The molecule has 9 nitrogen and oxygen atoms in total. The molecular formula is C19H19ClN4O5. The number of nitrogens with zero attached hydrogens (tertiary/aromatic N) is 3. The normalized spacial score (nSPS) is 13.2. The van der Waals surface area contributed by atoms with Crippen molar-refractivity contribution in [3.8, 4) is 5.75 Å². The first-order valence-corrected chi connectivity index (χ1v) is 9.10. The molecule has 1 fully saturated rings. The van der Waals surface area contributed by atoms with Gasteiger partial charge >= 0.3 is 12.0 Å². The molecule has 10 heteroatoms. The Bertz CT molecular complexity index is 952. The van der Waals surface area contributed by atoms with E-state index >= 15 is 0 Å². The summed E-state index contributed by atoms with van der Waals surface area (Å²) in [5, 5.41) is 5.68. The topological polar surface area (TPSA) is 101 Å². The van der Waals surface area contributed by atoms with Crippen LogP contribution in [0.5, 0.6) is 5.75 Å². The number of rotatable bonds is 4. The number of pyridine rings is 1. The first kappa shape index (κ1) is 20.4. The maximum Gasteiger partial charge on any atom is 0.340 e. The summed E-state index contributed by atoms with van der Waals surface area (Å²) in [5.41, 5.74) is 0.511. The maximum atomic E-state index is 13.0. The number of aromatic nitrogens is 1. The van der Waals surface area contributed by atoms with Gasteiger partial charge in [-0.3, -0.25) is 9.78 Å². The summed E-state index contributed by atoms with van der Waals surface area (Å²) in [4.78, 5) is 41.8.